The molecule has 110 valence electrons. The Labute approximate surface area is 119 Å². The van der Waals surface area contributed by atoms with E-state index in [9.17, 15) is 4.79 Å². The molecule has 1 aliphatic rings. The first-order valence-electron chi connectivity index (χ1n) is 6.98. The summed E-state index contributed by atoms with van der Waals surface area (Å²) in [5.74, 6) is 1.08. The molecule has 1 fully saturated rings. The van der Waals surface area contributed by atoms with Gasteiger partial charge in [-0.15, -0.1) is 0 Å². The van der Waals surface area contributed by atoms with Crippen LogP contribution in [-0.4, -0.2) is 49.2 Å². The van der Waals surface area contributed by atoms with Crippen molar-refractivity contribution >= 4 is 11.7 Å². The van der Waals surface area contributed by atoms with Gasteiger partial charge >= 0.3 is 6.03 Å². The number of pyridine rings is 1. The number of hydrogen-bond acceptors (Lipinski definition) is 4. The Bertz CT molecular complexity index is 435. The Hall–Kier alpha value is -1.82. The zero-order valence-electron chi connectivity index (χ0n) is 12.1. The predicted octanol–water partition coefficient (Wildman–Crippen LogP) is 1.55. The third-order valence-electron chi connectivity index (χ3n) is 3.57. The molecular formula is C14H22N4O2. The zero-order valence-corrected chi connectivity index (χ0v) is 12.1. The molecule has 1 saturated heterocycles. The Morgan fingerprint density at radius 2 is 2.40 bits per heavy atom. The third-order valence-corrected chi connectivity index (χ3v) is 3.57. The monoisotopic (exact) mass is 278 g/mol. The van der Waals surface area contributed by atoms with Crippen molar-refractivity contribution in [3.63, 3.8) is 0 Å². The van der Waals surface area contributed by atoms with Crippen LogP contribution in [0.5, 0.6) is 5.88 Å². The molecule has 0 aliphatic carbocycles. The number of nitrogens with one attached hydrogen (secondary N) is 2. The summed E-state index contributed by atoms with van der Waals surface area (Å²) < 4.78 is 4.97. The molecule has 6 heteroatoms. The average Bonchev–Trinajstić information content (AvgIpc) is 2.94. The third kappa shape index (κ3) is 4.09. The summed E-state index contributed by atoms with van der Waals surface area (Å²) in [6, 6.07) is 3.29. The molecule has 2 amide bonds. The lowest BCUT2D eigenvalue weighted by Crippen LogP contribution is -2.34. The van der Waals surface area contributed by atoms with Gasteiger partial charge in [0.05, 0.1) is 19.0 Å². The number of urea groups is 1. The summed E-state index contributed by atoms with van der Waals surface area (Å²) in [6.07, 6.45) is 2.73. The van der Waals surface area contributed by atoms with E-state index in [2.05, 4.69) is 27.4 Å². The quantitative estimate of drug-likeness (QED) is 0.857. The molecule has 2 heterocycles. The van der Waals surface area contributed by atoms with E-state index in [1.54, 1.807) is 25.4 Å². The van der Waals surface area contributed by atoms with Gasteiger partial charge in [0.2, 0.25) is 5.88 Å². The first-order valence-corrected chi connectivity index (χ1v) is 6.98. The highest BCUT2D eigenvalue weighted by molar-refractivity contribution is 5.88. The van der Waals surface area contributed by atoms with E-state index in [0.717, 1.165) is 26.1 Å². The fourth-order valence-electron chi connectivity index (χ4n) is 2.35. The molecular weight excluding hydrogens is 256 g/mol. The molecule has 0 unspecified atom stereocenters. The van der Waals surface area contributed by atoms with Crippen molar-refractivity contribution in [2.45, 2.75) is 13.3 Å². The van der Waals surface area contributed by atoms with Gasteiger partial charge in [-0.2, -0.15) is 0 Å². The van der Waals surface area contributed by atoms with Gasteiger partial charge in [-0.3, -0.25) is 0 Å². The molecule has 6 nitrogen and oxygen atoms in total. The Morgan fingerprint density at radius 3 is 3.00 bits per heavy atom. The second-order valence-corrected chi connectivity index (χ2v) is 4.97. The zero-order chi connectivity index (χ0) is 14.4. The van der Waals surface area contributed by atoms with Crippen LogP contribution in [0.3, 0.4) is 0 Å². The topological polar surface area (TPSA) is 66.5 Å². The highest BCUT2D eigenvalue weighted by atomic mass is 16.5. The van der Waals surface area contributed by atoms with Crippen LogP contribution in [-0.2, 0) is 0 Å². The number of amides is 2. The van der Waals surface area contributed by atoms with Crippen molar-refractivity contribution in [1.82, 2.24) is 15.2 Å². The van der Waals surface area contributed by atoms with Crippen LogP contribution in [0.2, 0.25) is 0 Å². The summed E-state index contributed by atoms with van der Waals surface area (Å²) in [4.78, 5) is 18.2. The molecule has 1 aromatic rings. The fourth-order valence-corrected chi connectivity index (χ4v) is 2.35. The van der Waals surface area contributed by atoms with Crippen molar-refractivity contribution < 1.29 is 9.53 Å². The second kappa shape index (κ2) is 7.09. The van der Waals surface area contributed by atoms with Crippen LogP contribution in [0, 0.1) is 5.92 Å². The number of carbonyl (C=O) groups is 1. The van der Waals surface area contributed by atoms with Crippen LogP contribution >= 0.6 is 0 Å². The summed E-state index contributed by atoms with van der Waals surface area (Å²) in [5.41, 5.74) is 0.657. The van der Waals surface area contributed by atoms with E-state index in [1.165, 1.54) is 0 Å². The molecule has 0 bridgehead atoms. The largest absolute Gasteiger partial charge is 0.481 e. The molecule has 2 N–H and O–H groups in total. The van der Waals surface area contributed by atoms with Crippen molar-refractivity contribution in [2.24, 2.45) is 5.92 Å². The maximum Gasteiger partial charge on any atom is 0.319 e. The van der Waals surface area contributed by atoms with Gasteiger partial charge in [-0.1, -0.05) is 6.92 Å². The minimum atomic E-state index is -0.188. The Kier molecular flexibility index (Phi) is 5.17. The lowest BCUT2D eigenvalue weighted by Gasteiger charge is -2.14. The molecule has 2 rings (SSSR count). The number of aromatic nitrogens is 1. The minimum Gasteiger partial charge on any atom is -0.481 e. The summed E-state index contributed by atoms with van der Waals surface area (Å²) in [7, 11) is 1.56. The molecule has 20 heavy (non-hydrogen) atoms. The molecule has 0 radical (unpaired) electrons. The maximum atomic E-state index is 11.8. The lowest BCUT2D eigenvalue weighted by molar-refractivity contribution is 0.250. The Morgan fingerprint density at radius 1 is 1.55 bits per heavy atom. The molecule has 0 saturated carbocycles. The SMILES string of the molecule is CCN1CC[C@H](CNC(=O)Nc2ccc(OC)nc2)C1. The summed E-state index contributed by atoms with van der Waals surface area (Å²) >= 11 is 0. The van der Waals surface area contributed by atoms with Gasteiger partial charge in [0, 0.05) is 19.2 Å². The van der Waals surface area contributed by atoms with E-state index >= 15 is 0 Å². The minimum absolute atomic E-state index is 0.188. The molecule has 0 aromatic carbocycles. The summed E-state index contributed by atoms with van der Waals surface area (Å²) in [6.45, 7) is 6.17. The van der Waals surface area contributed by atoms with Gasteiger partial charge in [0.1, 0.15) is 0 Å². The number of hydrogen-bond donors (Lipinski definition) is 2. The average molecular weight is 278 g/mol. The Balaban J connectivity index is 1.72. The van der Waals surface area contributed by atoms with Gasteiger partial charge in [-0.25, -0.2) is 9.78 Å². The number of anilines is 1. The normalized spacial score (nSPS) is 18.8. The van der Waals surface area contributed by atoms with Crippen LogP contribution in [0.4, 0.5) is 10.5 Å². The summed E-state index contributed by atoms with van der Waals surface area (Å²) in [5, 5.41) is 5.67. The molecule has 1 atom stereocenters. The number of likely N-dealkylation sites (tertiary alicyclic amines) is 1. The number of ether oxygens (including phenoxy) is 1. The molecule has 0 spiro atoms. The van der Waals surface area contributed by atoms with Crippen LogP contribution < -0.4 is 15.4 Å². The van der Waals surface area contributed by atoms with E-state index in [4.69, 9.17) is 4.74 Å². The van der Waals surface area contributed by atoms with Gasteiger partial charge in [0.25, 0.3) is 0 Å². The van der Waals surface area contributed by atoms with Crippen molar-refractivity contribution in [2.75, 3.05) is 38.6 Å². The molecule has 1 aliphatic heterocycles. The smallest absolute Gasteiger partial charge is 0.319 e. The number of methoxy groups -OCH3 is 1. The van der Waals surface area contributed by atoms with Gasteiger partial charge < -0.3 is 20.3 Å². The maximum absolute atomic E-state index is 11.8. The standard InChI is InChI=1S/C14H22N4O2/c1-3-18-7-6-11(10-18)8-16-14(19)17-12-4-5-13(20-2)15-9-12/h4-5,9,11H,3,6-8,10H2,1-2H3,(H2,16,17,19)/t11-/m1/s1. The number of carbonyl (C=O) groups excluding carboxylic acids is 1. The van der Waals surface area contributed by atoms with E-state index in [0.29, 0.717) is 24.0 Å². The van der Waals surface area contributed by atoms with Crippen molar-refractivity contribution in [3.05, 3.63) is 18.3 Å². The number of nitrogens with zero attached hydrogens (tertiary/aromatic N) is 2. The fraction of sp³-hybridized carbons (Fsp3) is 0.571. The van der Waals surface area contributed by atoms with E-state index < -0.39 is 0 Å². The van der Waals surface area contributed by atoms with Crippen LogP contribution in [0.25, 0.3) is 0 Å². The van der Waals surface area contributed by atoms with Gasteiger partial charge in [-0.05, 0) is 31.5 Å². The first-order chi connectivity index (χ1) is 9.71. The van der Waals surface area contributed by atoms with Crippen molar-refractivity contribution in [1.29, 1.82) is 0 Å². The van der Waals surface area contributed by atoms with Crippen LogP contribution in [0.1, 0.15) is 13.3 Å². The highest BCUT2D eigenvalue weighted by Gasteiger charge is 2.21. The highest BCUT2D eigenvalue weighted by Crippen LogP contribution is 2.15. The van der Waals surface area contributed by atoms with Crippen LogP contribution in [0.15, 0.2) is 18.3 Å². The van der Waals surface area contributed by atoms with Gasteiger partial charge in [0.15, 0.2) is 0 Å². The molecule has 1 aromatic heterocycles. The number of rotatable bonds is 5. The van der Waals surface area contributed by atoms with Crippen molar-refractivity contribution in [3.8, 4) is 5.88 Å². The van der Waals surface area contributed by atoms with E-state index in [1.807, 2.05) is 0 Å². The lowest BCUT2D eigenvalue weighted by atomic mass is 10.1. The first kappa shape index (κ1) is 14.6. The van der Waals surface area contributed by atoms with E-state index in [-0.39, 0.29) is 6.03 Å². The predicted molar refractivity (Wildman–Crippen MR) is 78.0 cm³/mol. The second-order valence-electron chi connectivity index (χ2n) is 4.97.